The molecular weight excluding hydrogens is 250 g/mol. The number of rotatable bonds is 4. The van der Waals surface area contributed by atoms with Crippen molar-refractivity contribution in [2.45, 2.75) is 33.2 Å². The van der Waals surface area contributed by atoms with Crippen LogP contribution >= 0.6 is 0 Å². The Labute approximate surface area is 119 Å². The molecule has 1 fully saturated rings. The zero-order valence-electron chi connectivity index (χ0n) is 12.3. The van der Waals surface area contributed by atoms with E-state index in [-0.39, 0.29) is 0 Å². The van der Waals surface area contributed by atoms with Crippen molar-refractivity contribution in [1.29, 1.82) is 0 Å². The van der Waals surface area contributed by atoms with E-state index in [1.165, 1.54) is 5.82 Å². The smallest absolute Gasteiger partial charge is 0.225 e. The average molecular weight is 271 g/mol. The second-order valence-corrected chi connectivity index (χ2v) is 5.86. The van der Waals surface area contributed by atoms with Crippen LogP contribution in [-0.4, -0.2) is 32.6 Å². The fraction of sp³-hybridized carbons (Fsp3) is 0.533. The number of imidazole rings is 1. The van der Waals surface area contributed by atoms with E-state index < -0.39 is 0 Å². The van der Waals surface area contributed by atoms with Crippen LogP contribution in [0.5, 0.6) is 0 Å². The Hall–Kier alpha value is -1.91. The molecule has 1 aliphatic heterocycles. The van der Waals surface area contributed by atoms with Crippen molar-refractivity contribution in [3.8, 4) is 0 Å². The summed E-state index contributed by atoms with van der Waals surface area (Å²) in [5.74, 6) is 3.17. The van der Waals surface area contributed by atoms with Gasteiger partial charge in [-0.1, -0.05) is 13.8 Å². The Kier molecular flexibility index (Phi) is 3.42. The van der Waals surface area contributed by atoms with Crippen LogP contribution in [0.2, 0.25) is 0 Å². The van der Waals surface area contributed by atoms with Crippen LogP contribution in [0.1, 0.15) is 31.3 Å². The van der Waals surface area contributed by atoms with E-state index in [1.54, 1.807) is 0 Å². The van der Waals surface area contributed by atoms with E-state index in [4.69, 9.17) is 0 Å². The topological polar surface area (TPSA) is 46.8 Å². The lowest BCUT2D eigenvalue weighted by molar-refractivity contribution is 0.346. The molecule has 106 valence electrons. The van der Waals surface area contributed by atoms with Crippen LogP contribution in [-0.2, 0) is 6.54 Å². The number of hydrogen-bond acceptors (Lipinski definition) is 4. The monoisotopic (exact) mass is 271 g/mol. The molecule has 0 aromatic carbocycles. The van der Waals surface area contributed by atoms with Crippen LogP contribution < -0.4 is 4.90 Å². The first kappa shape index (κ1) is 13.1. The van der Waals surface area contributed by atoms with E-state index in [9.17, 15) is 0 Å². The second kappa shape index (κ2) is 5.23. The first-order valence-corrected chi connectivity index (χ1v) is 7.19. The number of aryl methyl sites for hydroxylation is 1. The molecule has 0 aliphatic carbocycles. The maximum atomic E-state index is 4.47. The molecule has 0 spiro atoms. The fourth-order valence-corrected chi connectivity index (χ4v) is 2.69. The van der Waals surface area contributed by atoms with Gasteiger partial charge in [0, 0.05) is 55.8 Å². The van der Waals surface area contributed by atoms with Crippen molar-refractivity contribution in [2.24, 2.45) is 5.92 Å². The molecule has 3 rings (SSSR count). The Bertz CT molecular complexity index is 583. The molecule has 0 saturated carbocycles. The Morgan fingerprint density at radius 1 is 1.25 bits per heavy atom. The molecular formula is C15H21N5. The minimum atomic E-state index is 0.473. The highest BCUT2D eigenvalue weighted by molar-refractivity contribution is 5.34. The molecule has 0 N–H and O–H groups in total. The molecule has 0 unspecified atom stereocenters. The minimum Gasteiger partial charge on any atom is -0.340 e. The van der Waals surface area contributed by atoms with Gasteiger partial charge in [-0.25, -0.2) is 15.0 Å². The van der Waals surface area contributed by atoms with Crippen molar-refractivity contribution < 1.29 is 0 Å². The predicted octanol–water partition coefficient (Wildman–Crippen LogP) is 2.24. The zero-order chi connectivity index (χ0) is 14.1. The molecule has 20 heavy (non-hydrogen) atoms. The maximum Gasteiger partial charge on any atom is 0.225 e. The molecule has 0 amide bonds. The molecule has 0 bridgehead atoms. The quantitative estimate of drug-likeness (QED) is 0.855. The Balaban J connectivity index is 1.60. The van der Waals surface area contributed by atoms with Crippen LogP contribution in [0.15, 0.2) is 24.7 Å². The highest BCUT2D eigenvalue weighted by Crippen LogP contribution is 2.23. The van der Waals surface area contributed by atoms with Crippen LogP contribution in [0.25, 0.3) is 0 Å². The van der Waals surface area contributed by atoms with E-state index in [1.807, 2.05) is 25.4 Å². The molecule has 5 nitrogen and oxygen atoms in total. The van der Waals surface area contributed by atoms with Crippen LogP contribution in [0, 0.1) is 12.8 Å². The number of anilines is 1. The van der Waals surface area contributed by atoms with Crippen molar-refractivity contribution in [3.63, 3.8) is 0 Å². The summed E-state index contributed by atoms with van der Waals surface area (Å²) in [4.78, 5) is 15.5. The molecule has 0 radical (unpaired) electrons. The van der Waals surface area contributed by atoms with Gasteiger partial charge in [-0.05, 0) is 13.0 Å². The van der Waals surface area contributed by atoms with E-state index in [2.05, 4.69) is 44.5 Å². The summed E-state index contributed by atoms with van der Waals surface area (Å²) < 4.78 is 2.28. The van der Waals surface area contributed by atoms with Gasteiger partial charge < -0.3 is 9.47 Å². The van der Waals surface area contributed by atoms with Gasteiger partial charge in [0.25, 0.3) is 0 Å². The lowest BCUT2D eigenvalue weighted by atomic mass is 10.0. The minimum absolute atomic E-state index is 0.473. The molecule has 2 aromatic heterocycles. The zero-order valence-corrected chi connectivity index (χ0v) is 12.3. The van der Waals surface area contributed by atoms with Crippen LogP contribution in [0.4, 0.5) is 5.95 Å². The van der Waals surface area contributed by atoms with Gasteiger partial charge in [0.2, 0.25) is 5.95 Å². The fourth-order valence-electron chi connectivity index (χ4n) is 2.69. The number of aromatic nitrogens is 4. The molecule has 0 atom stereocenters. The number of hydrogen-bond donors (Lipinski definition) is 0. The molecule has 1 saturated heterocycles. The molecule has 3 heterocycles. The van der Waals surface area contributed by atoms with Crippen molar-refractivity contribution in [2.75, 3.05) is 18.0 Å². The third-order valence-corrected chi connectivity index (χ3v) is 3.74. The summed E-state index contributed by atoms with van der Waals surface area (Å²) in [5.41, 5.74) is 1.02. The molecule has 5 heteroatoms. The summed E-state index contributed by atoms with van der Waals surface area (Å²) in [5, 5.41) is 0. The van der Waals surface area contributed by atoms with E-state index >= 15 is 0 Å². The third-order valence-electron chi connectivity index (χ3n) is 3.74. The molecule has 1 aliphatic rings. The maximum absolute atomic E-state index is 4.47. The first-order valence-electron chi connectivity index (χ1n) is 7.19. The summed E-state index contributed by atoms with van der Waals surface area (Å²) in [6, 6.07) is 1.93. The second-order valence-electron chi connectivity index (χ2n) is 5.86. The van der Waals surface area contributed by atoms with Gasteiger partial charge in [0.05, 0.1) is 0 Å². The predicted molar refractivity (Wildman–Crippen MR) is 78.8 cm³/mol. The van der Waals surface area contributed by atoms with Gasteiger partial charge >= 0.3 is 0 Å². The lowest BCUT2D eigenvalue weighted by Crippen LogP contribution is -2.49. The van der Waals surface area contributed by atoms with Crippen molar-refractivity contribution in [1.82, 2.24) is 19.5 Å². The SMILES string of the molecule is Cc1ccnc(N2CC(Cn3ccnc3C(C)C)C2)n1. The van der Waals surface area contributed by atoms with Gasteiger partial charge in [0.1, 0.15) is 5.82 Å². The normalized spacial score (nSPS) is 15.7. The van der Waals surface area contributed by atoms with Gasteiger partial charge in [-0.2, -0.15) is 0 Å². The summed E-state index contributed by atoms with van der Waals surface area (Å²) >= 11 is 0. The lowest BCUT2D eigenvalue weighted by Gasteiger charge is -2.39. The highest BCUT2D eigenvalue weighted by atomic mass is 15.3. The Morgan fingerprint density at radius 3 is 2.75 bits per heavy atom. The van der Waals surface area contributed by atoms with Gasteiger partial charge in [-0.3, -0.25) is 0 Å². The highest BCUT2D eigenvalue weighted by Gasteiger charge is 2.29. The standard InChI is InChI=1S/C15H21N5/c1-11(2)14-16-6-7-19(14)8-13-9-20(10-13)15-17-5-4-12(3)18-15/h4-7,11,13H,8-10H2,1-3H3. The van der Waals surface area contributed by atoms with E-state index in [0.29, 0.717) is 11.8 Å². The summed E-state index contributed by atoms with van der Waals surface area (Å²) in [6.07, 6.45) is 5.81. The Morgan fingerprint density at radius 2 is 2.05 bits per heavy atom. The first-order chi connectivity index (χ1) is 9.63. The summed E-state index contributed by atoms with van der Waals surface area (Å²) in [7, 11) is 0. The summed E-state index contributed by atoms with van der Waals surface area (Å²) in [6.45, 7) is 9.47. The molecule has 2 aromatic rings. The largest absolute Gasteiger partial charge is 0.340 e. The van der Waals surface area contributed by atoms with Gasteiger partial charge in [0.15, 0.2) is 0 Å². The van der Waals surface area contributed by atoms with Crippen LogP contribution in [0.3, 0.4) is 0 Å². The van der Waals surface area contributed by atoms with Crippen molar-refractivity contribution >= 4 is 5.95 Å². The number of nitrogens with zero attached hydrogens (tertiary/aromatic N) is 5. The third kappa shape index (κ3) is 2.53. The van der Waals surface area contributed by atoms with E-state index in [0.717, 1.165) is 31.3 Å². The van der Waals surface area contributed by atoms with Gasteiger partial charge in [-0.15, -0.1) is 0 Å². The van der Waals surface area contributed by atoms with Crippen molar-refractivity contribution in [3.05, 3.63) is 36.2 Å². The average Bonchev–Trinajstić information content (AvgIpc) is 2.81.